The van der Waals surface area contributed by atoms with Gasteiger partial charge in [-0.25, -0.2) is 4.79 Å². The van der Waals surface area contributed by atoms with Crippen molar-refractivity contribution in [1.29, 1.82) is 0 Å². The third-order valence-corrected chi connectivity index (χ3v) is 1.83. The maximum atomic E-state index is 10.1. The van der Waals surface area contributed by atoms with Crippen LogP contribution < -0.4 is 0 Å². The molecule has 2 unspecified atom stereocenters. The number of hydrogen-bond acceptors (Lipinski definition) is 3. The highest BCUT2D eigenvalue weighted by Gasteiger charge is 2.15. The van der Waals surface area contributed by atoms with Gasteiger partial charge in [0, 0.05) is 5.25 Å². The number of carbonyl (C=O) groups is 1. The number of carboxylic acids is 1. The van der Waals surface area contributed by atoms with Crippen LogP contribution in [0.3, 0.4) is 0 Å². The molecular formula is C6H12O3S. The van der Waals surface area contributed by atoms with Crippen molar-refractivity contribution in [3.63, 3.8) is 0 Å². The molecule has 0 aliphatic heterocycles. The van der Waals surface area contributed by atoms with Gasteiger partial charge in [-0.05, 0) is 12.8 Å². The summed E-state index contributed by atoms with van der Waals surface area (Å²) in [6.45, 7) is 1.90. The first kappa shape index (κ1) is 9.78. The van der Waals surface area contributed by atoms with Gasteiger partial charge in [-0.1, -0.05) is 6.92 Å². The summed E-state index contributed by atoms with van der Waals surface area (Å²) in [6.07, 6.45) is -0.273. The van der Waals surface area contributed by atoms with Gasteiger partial charge >= 0.3 is 5.97 Å². The van der Waals surface area contributed by atoms with E-state index >= 15 is 0 Å². The van der Waals surface area contributed by atoms with E-state index in [1.54, 1.807) is 0 Å². The highest BCUT2D eigenvalue weighted by molar-refractivity contribution is 7.80. The molecule has 0 rings (SSSR count). The fraction of sp³-hybridized carbons (Fsp3) is 0.833. The van der Waals surface area contributed by atoms with Gasteiger partial charge in [-0.3, -0.25) is 0 Å². The van der Waals surface area contributed by atoms with Gasteiger partial charge < -0.3 is 10.2 Å². The number of rotatable bonds is 4. The molecule has 3 nitrogen and oxygen atoms in total. The molecule has 0 fully saturated rings. The van der Waals surface area contributed by atoms with Gasteiger partial charge in [-0.15, -0.1) is 0 Å². The lowest BCUT2D eigenvalue weighted by Crippen LogP contribution is -2.22. The molecule has 0 radical (unpaired) electrons. The molecule has 0 bridgehead atoms. The lowest BCUT2D eigenvalue weighted by Gasteiger charge is -2.09. The van der Waals surface area contributed by atoms with Gasteiger partial charge in [-0.2, -0.15) is 12.6 Å². The fourth-order valence-corrected chi connectivity index (χ4v) is 0.725. The van der Waals surface area contributed by atoms with Gasteiger partial charge in [0.2, 0.25) is 0 Å². The summed E-state index contributed by atoms with van der Waals surface area (Å²) >= 11 is 4.04. The summed E-state index contributed by atoms with van der Waals surface area (Å²) in [5, 5.41) is 17.0. The number of carboxylic acid groups (broad SMARTS) is 1. The van der Waals surface area contributed by atoms with E-state index in [9.17, 15) is 4.79 Å². The van der Waals surface area contributed by atoms with Crippen LogP contribution in [0.4, 0.5) is 0 Å². The van der Waals surface area contributed by atoms with Crippen molar-refractivity contribution in [2.45, 2.75) is 31.1 Å². The molecule has 10 heavy (non-hydrogen) atoms. The Morgan fingerprint density at radius 3 is 2.50 bits per heavy atom. The van der Waals surface area contributed by atoms with Crippen LogP contribution in [0.5, 0.6) is 0 Å². The lowest BCUT2D eigenvalue weighted by atomic mass is 10.1. The molecule has 60 valence electrons. The van der Waals surface area contributed by atoms with E-state index < -0.39 is 12.1 Å². The monoisotopic (exact) mass is 164 g/mol. The van der Waals surface area contributed by atoms with E-state index in [0.717, 1.165) is 6.42 Å². The Hall–Kier alpha value is -0.220. The van der Waals surface area contributed by atoms with E-state index in [0.29, 0.717) is 0 Å². The molecule has 0 amide bonds. The highest BCUT2D eigenvalue weighted by atomic mass is 32.1. The van der Waals surface area contributed by atoms with Crippen molar-refractivity contribution in [1.82, 2.24) is 0 Å². The predicted molar refractivity (Wildman–Crippen MR) is 41.3 cm³/mol. The second-order valence-electron chi connectivity index (χ2n) is 2.15. The normalized spacial score (nSPS) is 16.3. The average molecular weight is 164 g/mol. The van der Waals surface area contributed by atoms with Crippen LogP contribution >= 0.6 is 12.6 Å². The van der Waals surface area contributed by atoms with Crippen molar-refractivity contribution < 1.29 is 15.0 Å². The van der Waals surface area contributed by atoms with Crippen molar-refractivity contribution in [2.75, 3.05) is 0 Å². The Bertz CT molecular complexity index is 116. The molecule has 0 saturated heterocycles. The van der Waals surface area contributed by atoms with Crippen LogP contribution in [-0.2, 0) is 4.79 Å². The molecule has 0 aromatic rings. The summed E-state index contributed by atoms with van der Waals surface area (Å²) in [7, 11) is 0. The van der Waals surface area contributed by atoms with Crippen molar-refractivity contribution >= 4 is 18.6 Å². The topological polar surface area (TPSA) is 57.5 Å². The molecule has 2 atom stereocenters. The minimum Gasteiger partial charge on any atom is -0.479 e. The number of aliphatic hydroxyl groups is 1. The van der Waals surface area contributed by atoms with Crippen LogP contribution in [0.1, 0.15) is 19.8 Å². The Kier molecular flexibility index (Phi) is 4.47. The van der Waals surface area contributed by atoms with Crippen LogP contribution in [0.25, 0.3) is 0 Å². The summed E-state index contributed by atoms with van der Waals surface area (Å²) in [5.74, 6) is -1.17. The Morgan fingerprint density at radius 1 is 1.70 bits per heavy atom. The van der Waals surface area contributed by atoms with Gasteiger partial charge in [0.15, 0.2) is 6.10 Å². The highest BCUT2D eigenvalue weighted by Crippen LogP contribution is 2.08. The summed E-state index contributed by atoms with van der Waals surface area (Å²) < 4.78 is 0. The van der Waals surface area contributed by atoms with Crippen LogP contribution in [-0.4, -0.2) is 27.5 Å². The number of aliphatic carboxylic acids is 1. The molecular weight excluding hydrogens is 152 g/mol. The zero-order valence-corrected chi connectivity index (χ0v) is 6.71. The summed E-state index contributed by atoms with van der Waals surface area (Å²) in [6, 6.07) is 0. The van der Waals surface area contributed by atoms with E-state index in [1.165, 1.54) is 0 Å². The fourth-order valence-electron chi connectivity index (χ4n) is 0.525. The van der Waals surface area contributed by atoms with Gasteiger partial charge in [0.05, 0.1) is 0 Å². The first-order valence-electron chi connectivity index (χ1n) is 3.16. The Morgan fingerprint density at radius 2 is 2.20 bits per heavy atom. The molecule has 0 heterocycles. The molecule has 0 spiro atoms. The first-order chi connectivity index (χ1) is 4.57. The van der Waals surface area contributed by atoms with Crippen LogP contribution in [0.2, 0.25) is 0 Å². The summed E-state index contributed by atoms with van der Waals surface area (Å²) in [5.41, 5.74) is 0. The SMILES string of the molecule is CCC(S)CC(O)C(=O)O. The second-order valence-corrected chi connectivity index (χ2v) is 2.88. The van der Waals surface area contributed by atoms with Crippen molar-refractivity contribution in [3.8, 4) is 0 Å². The predicted octanol–water partition coefficient (Wildman–Crippen LogP) is 0.530. The van der Waals surface area contributed by atoms with Crippen LogP contribution in [0.15, 0.2) is 0 Å². The largest absolute Gasteiger partial charge is 0.479 e. The Labute approximate surface area is 65.5 Å². The molecule has 4 heteroatoms. The summed E-state index contributed by atoms with van der Waals surface area (Å²) in [4.78, 5) is 10.1. The minimum atomic E-state index is -1.26. The van der Waals surface area contributed by atoms with Crippen molar-refractivity contribution in [3.05, 3.63) is 0 Å². The molecule has 0 aliphatic carbocycles. The van der Waals surface area contributed by atoms with Gasteiger partial charge in [0.1, 0.15) is 0 Å². The van der Waals surface area contributed by atoms with Crippen LogP contribution in [0, 0.1) is 0 Å². The average Bonchev–Trinajstić information content (AvgIpc) is 1.87. The number of aliphatic hydroxyl groups excluding tert-OH is 1. The number of hydrogen-bond donors (Lipinski definition) is 3. The second kappa shape index (κ2) is 4.57. The zero-order valence-electron chi connectivity index (χ0n) is 5.82. The van der Waals surface area contributed by atoms with E-state index in [4.69, 9.17) is 10.2 Å². The maximum absolute atomic E-state index is 10.1. The third-order valence-electron chi connectivity index (χ3n) is 1.25. The quantitative estimate of drug-likeness (QED) is 0.531. The van der Waals surface area contributed by atoms with E-state index in [-0.39, 0.29) is 11.7 Å². The third kappa shape index (κ3) is 3.74. The number of thiol groups is 1. The maximum Gasteiger partial charge on any atom is 0.332 e. The standard InChI is InChI=1S/C6H12O3S/c1-2-4(10)3-5(7)6(8)9/h4-5,7,10H,2-3H2,1H3,(H,8,9). The van der Waals surface area contributed by atoms with E-state index in [1.807, 2.05) is 6.92 Å². The molecule has 0 aromatic carbocycles. The van der Waals surface area contributed by atoms with E-state index in [2.05, 4.69) is 12.6 Å². The zero-order chi connectivity index (χ0) is 8.15. The van der Waals surface area contributed by atoms with Crippen molar-refractivity contribution in [2.24, 2.45) is 0 Å². The molecule has 2 N–H and O–H groups in total. The Balaban J connectivity index is 3.56. The van der Waals surface area contributed by atoms with Gasteiger partial charge in [0.25, 0.3) is 0 Å². The molecule has 0 aliphatic rings. The first-order valence-corrected chi connectivity index (χ1v) is 3.68. The molecule has 0 saturated carbocycles. The smallest absolute Gasteiger partial charge is 0.332 e. The molecule has 0 aromatic heterocycles. The lowest BCUT2D eigenvalue weighted by molar-refractivity contribution is -0.146. The minimum absolute atomic E-state index is 0.0221.